The van der Waals surface area contributed by atoms with Crippen LogP contribution in [0.5, 0.6) is 0 Å². The molecule has 0 unspecified atom stereocenters. The Balaban J connectivity index is 1.45. The zero-order valence-corrected chi connectivity index (χ0v) is 16.0. The van der Waals surface area contributed by atoms with Gasteiger partial charge in [-0.15, -0.1) is 0 Å². The van der Waals surface area contributed by atoms with Crippen molar-refractivity contribution < 1.29 is 4.79 Å². The number of hydrogen-bond donors (Lipinski definition) is 2. The number of rotatable bonds is 3. The number of hydrogen-bond acceptors (Lipinski definition) is 2. The lowest BCUT2D eigenvalue weighted by atomic mass is 10.0. The van der Waals surface area contributed by atoms with E-state index in [-0.39, 0.29) is 11.0 Å². The van der Waals surface area contributed by atoms with Crippen molar-refractivity contribution in [2.75, 3.05) is 5.32 Å². The Morgan fingerprint density at radius 3 is 2.52 bits per heavy atom. The second-order valence-electron chi connectivity index (χ2n) is 6.44. The van der Waals surface area contributed by atoms with Crippen LogP contribution in [0.3, 0.4) is 0 Å². The Labute approximate surface area is 168 Å². The Hall–Kier alpha value is -2.69. The lowest BCUT2D eigenvalue weighted by Gasteiger charge is -2.12. The molecule has 1 aliphatic rings. The predicted molar refractivity (Wildman–Crippen MR) is 116 cm³/mol. The summed E-state index contributed by atoms with van der Waals surface area (Å²) in [4.78, 5) is 12.1. The van der Waals surface area contributed by atoms with Crippen LogP contribution in [-0.4, -0.2) is 11.0 Å². The van der Waals surface area contributed by atoms with Crippen LogP contribution in [-0.2, 0) is 17.6 Å². The summed E-state index contributed by atoms with van der Waals surface area (Å²) in [5.41, 5.74) is 4.53. The predicted octanol–water partition coefficient (Wildman–Crippen LogP) is 5.12. The smallest absolute Gasteiger partial charge is 0.250 e. The molecule has 1 aliphatic carbocycles. The van der Waals surface area contributed by atoms with E-state index in [9.17, 15) is 4.79 Å². The molecular weight excluding hydrogens is 376 g/mol. The highest BCUT2D eigenvalue weighted by Gasteiger charge is 2.16. The van der Waals surface area contributed by atoms with Crippen molar-refractivity contribution in [2.24, 2.45) is 0 Å². The number of carbonyl (C=O) groups is 1. The molecule has 5 heteroatoms. The van der Waals surface area contributed by atoms with Crippen molar-refractivity contribution >= 4 is 57.4 Å². The largest absolute Gasteiger partial charge is 0.332 e. The Kier molecular flexibility index (Phi) is 4.92. The molecule has 3 aromatic rings. The molecule has 0 saturated heterocycles. The quantitative estimate of drug-likeness (QED) is 0.480. The van der Waals surface area contributed by atoms with Gasteiger partial charge in [-0.05, 0) is 71.4 Å². The Bertz CT molecular complexity index is 1060. The lowest BCUT2D eigenvalue weighted by molar-refractivity contribution is -0.115. The fourth-order valence-electron chi connectivity index (χ4n) is 3.41. The normalized spacial score (nSPS) is 12.5. The lowest BCUT2D eigenvalue weighted by Crippen LogP contribution is -2.32. The number of nitrogens with one attached hydrogen (secondary N) is 2. The fraction of sp³-hybridized carbons (Fsp3) is 0.0909. The van der Waals surface area contributed by atoms with Gasteiger partial charge in [0.05, 0.1) is 0 Å². The Morgan fingerprint density at radius 2 is 1.74 bits per heavy atom. The van der Waals surface area contributed by atoms with Gasteiger partial charge in [0, 0.05) is 22.2 Å². The summed E-state index contributed by atoms with van der Waals surface area (Å²) in [6.45, 7) is 0. The summed E-state index contributed by atoms with van der Waals surface area (Å²) in [6, 6.07) is 17.7. The van der Waals surface area contributed by atoms with Crippen LogP contribution in [0, 0.1) is 0 Å². The standard InChI is InChI=1S/C22H17ClN2OS/c23-17-10-4-14(5-11-17)6-13-20(26)25-22(27)24-19-12-9-16-8-7-15-2-1-3-18(19)21(15)16/h1-6,9-13H,7-8H2,(H2,24,25,26,27)/b13-6+. The second-order valence-corrected chi connectivity index (χ2v) is 7.28. The van der Waals surface area contributed by atoms with Gasteiger partial charge in [-0.2, -0.15) is 0 Å². The summed E-state index contributed by atoms with van der Waals surface area (Å²) in [5, 5.41) is 9.22. The monoisotopic (exact) mass is 392 g/mol. The number of amides is 1. The third kappa shape index (κ3) is 3.87. The second kappa shape index (κ2) is 7.51. The van der Waals surface area contributed by atoms with Gasteiger partial charge in [-0.1, -0.05) is 48.0 Å². The van der Waals surface area contributed by atoms with E-state index in [1.165, 1.54) is 22.6 Å². The van der Waals surface area contributed by atoms with Gasteiger partial charge < -0.3 is 5.32 Å². The molecule has 0 aliphatic heterocycles. The molecule has 0 fully saturated rings. The highest BCUT2D eigenvalue weighted by atomic mass is 35.5. The first-order chi connectivity index (χ1) is 13.1. The summed E-state index contributed by atoms with van der Waals surface area (Å²) in [6.07, 6.45) is 5.32. The molecule has 0 atom stereocenters. The van der Waals surface area contributed by atoms with Crippen LogP contribution in [0.15, 0.2) is 60.7 Å². The summed E-state index contributed by atoms with van der Waals surface area (Å²) in [5.74, 6) is -0.284. The average molecular weight is 393 g/mol. The minimum absolute atomic E-state index is 0.277. The van der Waals surface area contributed by atoms with Crippen molar-refractivity contribution in [3.05, 3.63) is 82.4 Å². The molecule has 0 spiro atoms. The van der Waals surface area contributed by atoms with Gasteiger partial charge in [0.25, 0.3) is 0 Å². The average Bonchev–Trinajstić information content (AvgIpc) is 3.08. The molecule has 27 heavy (non-hydrogen) atoms. The van der Waals surface area contributed by atoms with E-state index < -0.39 is 0 Å². The van der Waals surface area contributed by atoms with E-state index in [1.54, 1.807) is 18.2 Å². The van der Waals surface area contributed by atoms with E-state index in [2.05, 4.69) is 34.9 Å². The molecule has 2 N–H and O–H groups in total. The van der Waals surface area contributed by atoms with Gasteiger partial charge in [-0.3, -0.25) is 10.1 Å². The highest BCUT2D eigenvalue weighted by Crippen LogP contribution is 2.34. The maximum atomic E-state index is 12.1. The van der Waals surface area contributed by atoms with Crippen molar-refractivity contribution in [2.45, 2.75) is 12.8 Å². The SMILES string of the molecule is O=C(/C=C/c1ccc(Cl)cc1)NC(=S)Nc1ccc2c3c(cccc13)CC2. The first-order valence-corrected chi connectivity index (χ1v) is 9.48. The zero-order chi connectivity index (χ0) is 18.8. The van der Waals surface area contributed by atoms with Crippen molar-refractivity contribution in [1.82, 2.24) is 5.32 Å². The zero-order valence-electron chi connectivity index (χ0n) is 14.5. The van der Waals surface area contributed by atoms with E-state index in [0.717, 1.165) is 29.5 Å². The van der Waals surface area contributed by atoms with Crippen molar-refractivity contribution in [1.29, 1.82) is 0 Å². The van der Waals surface area contributed by atoms with Gasteiger partial charge in [0.15, 0.2) is 5.11 Å². The molecule has 0 heterocycles. The number of benzene rings is 3. The minimum Gasteiger partial charge on any atom is -0.332 e. The van der Waals surface area contributed by atoms with Gasteiger partial charge >= 0.3 is 0 Å². The molecule has 134 valence electrons. The van der Waals surface area contributed by atoms with E-state index in [0.29, 0.717) is 5.02 Å². The van der Waals surface area contributed by atoms with E-state index in [1.807, 2.05) is 18.2 Å². The number of aryl methyl sites for hydroxylation is 2. The first kappa shape index (κ1) is 17.7. The maximum Gasteiger partial charge on any atom is 0.250 e. The van der Waals surface area contributed by atoms with Crippen LogP contribution in [0.25, 0.3) is 16.8 Å². The molecule has 1 amide bonds. The van der Waals surface area contributed by atoms with E-state index in [4.69, 9.17) is 23.8 Å². The molecular formula is C22H17ClN2OS. The topological polar surface area (TPSA) is 41.1 Å². The van der Waals surface area contributed by atoms with Crippen LogP contribution in [0.4, 0.5) is 5.69 Å². The van der Waals surface area contributed by atoms with Crippen LogP contribution in [0.1, 0.15) is 16.7 Å². The van der Waals surface area contributed by atoms with Gasteiger partial charge in [0.2, 0.25) is 5.91 Å². The van der Waals surface area contributed by atoms with Crippen molar-refractivity contribution in [3.63, 3.8) is 0 Å². The van der Waals surface area contributed by atoms with E-state index >= 15 is 0 Å². The molecule has 0 aromatic heterocycles. The highest BCUT2D eigenvalue weighted by molar-refractivity contribution is 7.80. The first-order valence-electron chi connectivity index (χ1n) is 8.69. The van der Waals surface area contributed by atoms with Crippen molar-refractivity contribution in [3.8, 4) is 0 Å². The fourth-order valence-corrected chi connectivity index (χ4v) is 3.75. The molecule has 3 nitrogen and oxygen atoms in total. The molecule has 0 radical (unpaired) electrons. The van der Waals surface area contributed by atoms with Crippen LogP contribution < -0.4 is 10.6 Å². The number of anilines is 1. The molecule has 0 bridgehead atoms. The summed E-state index contributed by atoms with van der Waals surface area (Å²) < 4.78 is 0. The third-order valence-corrected chi connectivity index (χ3v) is 5.12. The number of halogens is 1. The van der Waals surface area contributed by atoms with Gasteiger partial charge in [0.1, 0.15) is 0 Å². The number of carbonyl (C=O) groups excluding carboxylic acids is 1. The summed E-state index contributed by atoms with van der Waals surface area (Å²) in [7, 11) is 0. The van der Waals surface area contributed by atoms with Gasteiger partial charge in [-0.25, -0.2) is 0 Å². The van der Waals surface area contributed by atoms with Crippen LogP contribution >= 0.6 is 23.8 Å². The summed E-state index contributed by atoms with van der Waals surface area (Å²) >= 11 is 11.2. The maximum absolute atomic E-state index is 12.1. The molecule has 4 rings (SSSR count). The minimum atomic E-state index is -0.284. The molecule has 0 saturated carbocycles. The number of thiocarbonyl (C=S) groups is 1. The Morgan fingerprint density at radius 1 is 1.00 bits per heavy atom. The van der Waals surface area contributed by atoms with Crippen LogP contribution in [0.2, 0.25) is 5.02 Å². The molecule has 3 aromatic carbocycles. The third-order valence-electron chi connectivity index (χ3n) is 4.66.